The van der Waals surface area contributed by atoms with Crippen LogP contribution in [0.5, 0.6) is 11.5 Å². The Bertz CT molecular complexity index is 1420. The summed E-state index contributed by atoms with van der Waals surface area (Å²) in [5, 5.41) is 7.54. The number of rotatable bonds is 9. The zero-order chi connectivity index (χ0) is 25.9. The molecule has 2 atom stereocenters. The molecule has 4 aromatic rings. The number of hydrogen-bond acceptors (Lipinski definition) is 9. The van der Waals surface area contributed by atoms with Gasteiger partial charge in [0.2, 0.25) is 16.0 Å². The maximum absolute atomic E-state index is 13.5. The first kappa shape index (κ1) is 25.0. The first-order valence-corrected chi connectivity index (χ1v) is 12.7. The van der Waals surface area contributed by atoms with Crippen LogP contribution in [0.3, 0.4) is 0 Å². The van der Waals surface area contributed by atoms with Crippen molar-refractivity contribution in [3.63, 3.8) is 0 Å². The molecule has 3 aromatic heterocycles. The van der Waals surface area contributed by atoms with Gasteiger partial charge in [0.15, 0.2) is 5.82 Å². The molecule has 3 heterocycles. The molecule has 12 heteroatoms. The van der Waals surface area contributed by atoms with Crippen LogP contribution in [0.25, 0.3) is 17.2 Å². The number of benzene rings is 1. The molecule has 0 radical (unpaired) electrons. The van der Waals surface area contributed by atoms with E-state index >= 15 is 0 Å². The van der Waals surface area contributed by atoms with E-state index in [9.17, 15) is 8.42 Å². The van der Waals surface area contributed by atoms with Crippen LogP contribution in [0.4, 0.5) is 5.95 Å². The summed E-state index contributed by atoms with van der Waals surface area (Å²) in [4.78, 5) is 13.0. The van der Waals surface area contributed by atoms with E-state index < -0.39 is 21.2 Å². The summed E-state index contributed by atoms with van der Waals surface area (Å²) in [6.45, 7) is 5.23. The lowest BCUT2D eigenvalue weighted by molar-refractivity contribution is 0.391. The highest BCUT2D eigenvalue weighted by Crippen LogP contribution is 2.37. The number of anilines is 1. The highest BCUT2D eigenvalue weighted by molar-refractivity contribution is 7.93. The SMILES string of the molecule is COc1cccc(OC)c1-n1c(NS(=O)(=O)[C@@H](C)[C@H](C)c2ncc(C)cn2)nnc1-c1ccccn1. The minimum atomic E-state index is -3.96. The normalized spacial score (nSPS) is 13.1. The van der Waals surface area contributed by atoms with E-state index in [4.69, 9.17) is 9.47 Å². The fourth-order valence-corrected chi connectivity index (χ4v) is 4.84. The van der Waals surface area contributed by atoms with E-state index in [0.717, 1.165) is 5.56 Å². The van der Waals surface area contributed by atoms with Crippen LogP contribution in [0, 0.1) is 6.92 Å². The smallest absolute Gasteiger partial charge is 0.243 e. The van der Waals surface area contributed by atoms with Gasteiger partial charge in [-0.1, -0.05) is 19.1 Å². The Balaban J connectivity index is 1.81. The number of nitrogens with one attached hydrogen (secondary N) is 1. The van der Waals surface area contributed by atoms with E-state index in [1.54, 1.807) is 68.8 Å². The van der Waals surface area contributed by atoms with Crippen LogP contribution in [0.2, 0.25) is 0 Å². The Kier molecular flexibility index (Phi) is 7.15. The lowest BCUT2D eigenvalue weighted by atomic mass is 10.1. The molecule has 0 amide bonds. The summed E-state index contributed by atoms with van der Waals surface area (Å²) >= 11 is 0. The summed E-state index contributed by atoms with van der Waals surface area (Å²) < 4.78 is 42.3. The standard InChI is InChI=1S/C24H27N7O4S/c1-15-13-26-22(27-14-15)16(2)17(3)36(32,33)30-24-29-28-23(18-9-6-7-12-25-18)31(24)21-19(34-4)10-8-11-20(21)35-5/h6-14,16-17H,1-5H3,(H,29,30)/t16-,17-/m0/s1. The number of para-hydroxylation sites is 1. The number of aromatic nitrogens is 6. The maximum Gasteiger partial charge on any atom is 0.243 e. The van der Waals surface area contributed by atoms with Crippen molar-refractivity contribution in [1.82, 2.24) is 29.7 Å². The highest BCUT2D eigenvalue weighted by atomic mass is 32.2. The maximum atomic E-state index is 13.5. The lowest BCUT2D eigenvalue weighted by Gasteiger charge is -2.21. The monoisotopic (exact) mass is 509 g/mol. The molecule has 188 valence electrons. The fraction of sp³-hybridized carbons (Fsp3) is 0.292. The van der Waals surface area contributed by atoms with Gasteiger partial charge < -0.3 is 9.47 Å². The third kappa shape index (κ3) is 4.85. The zero-order valence-electron chi connectivity index (χ0n) is 20.6. The number of hydrogen-bond donors (Lipinski definition) is 1. The van der Waals surface area contributed by atoms with Crippen LogP contribution >= 0.6 is 0 Å². The summed E-state index contributed by atoms with van der Waals surface area (Å²) in [6, 6.07) is 10.6. The molecule has 11 nitrogen and oxygen atoms in total. The average molecular weight is 510 g/mol. The molecule has 0 spiro atoms. The van der Waals surface area contributed by atoms with Crippen molar-refractivity contribution in [2.45, 2.75) is 31.9 Å². The van der Waals surface area contributed by atoms with Gasteiger partial charge in [-0.15, -0.1) is 10.2 Å². The van der Waals surface area contributed by atoms with Crippen LogP contribution in [0.15, 0.2) is 55.0 Å². The largest absolute Gasteiger partial charge is 0.494 e. The predicted molar refractivity (Wildman–Crippen MR) is 135 cm³/mol. The molecule has 0 unspecified atom stereocenters. The Hall–Kier alpha value is -4.06. The van der Waals surface area contributed by atoms with Crippen molar-refractivity contribution in [2.75, 3.05) is 18.9 Å². The van der Waals surface area contributed by atoms with Gasteiger partial charge in [0, 0.05) is 24.5 Å². The summed E-state index contributed by atoms with van der Waals surface area (Å²) in [5.41, 5.74) is 1.80. The molecule has 0 aliphatic carbocycles. The molecule has 0 aliphatic rings. The van der Waals surface area contributed by atoms with Crippen molar-refractivity contribution in [2.24, 2.45) is 0 Å². The van der Waals surface area contributed by atoms with Crippen LogP contribution in [0.1, 0.15) is 31.2 Å². The van der Waals surface area contributed by atoms with E-state index in [-0.39, 0.29) is 5.95 Å². The second-order valence-corrected chi connectivity index (χ2v) is 10.2. The quantitative estimate of drug-likeness (QED) is 0.360. The second kappa shape index (κ2) is 10.3. The van der Waals surface area contributed by atoms with E-state index in [1.165, 1.54) is 18.8 Å². The zero-order valence-corrected chi connectivity index (χ0v) is 21.4. The average Bonchev–Trinajstić information content (AvgIpc) is 3.30. The van der Waals surface area contributed by atoms with Gasteiger partial charge in [0.05, 0.1) is 19.5 Å². The van der Waals surface area contributed by atoms with Gasteiger partial charge >= 0.3 is 0 Å². The van der Waals surface area contributed by atoms with E-state index in [0.29, 0.717) is 34.5 Å². The van der Waals surface area contributed by atoms with E-state index in [2.05, 4.69) is 29.9 Å². The number of ether oxygens (including phenoxy) is 2. The van der Waals surface area contributed by atoms with Crippen molar-refractivity contribution < 1.29 is 17.9 Å². The Morgan fingerprint density at radius 3 is 2.17 bits per heavy atom. The number of pyridine rings is 1. The molecule has 0 saturated carbocycles. The number of aryl methyl sites for hydroxylation is 1. The van der Waals surface area contributed by atoms with Gasteiger partial charge in [-0.05, 0) is 43.7 Å². The molecule has 0 bridgehead atoms. The van der Waals surface area contributed by atoms with Gasteiger partial charge in [0.25, 0.3) is 0 Å². The van der Waals surface area contributed by atoms with Gasteiger partial charge in [-0.25, -0.2) is 18.4 Å². The first-order valence-electron chi connectivity index (χ1n) is 11.1. The molecule has 36 heavy (non-hydrogen) atoms. The third-order valence-corrected chi connectivity index (χ3v) is 7.67. The summed E-state index contributed by atoms with van der Waals surface area (Å²) in [6.07, 6.45) is 4.94. The summed E-state index contributed by atoms with van der Waals surface area (Å²) in [5.74, 6) is 1.07. The Morgan fingerprint density at radius 2 is 1.58 bits per heavy atom. The molecular weight excluding hydrogens is 482 g/mol. The van der Waals surface area contributed by atoms with Gasteiger partial charge in [-0.2, -0.15) is 0 Å². The van der Waals surface area contributed by atoms with Crippen molar-refractivity contribution in [3.8, 4) is 28.7 Å². The molecule has 0 fully saturated rings. The van der Waals surface area contributed by atoms with Crippen molar-refractivity contribution in [3.05, 3.63) is 66.4 Å². The first-order chi connectivity index (χ1) is 17.3. The van der Waals surface area contributed by atoms with Gasteiger partial charge in [-0.3, -0.25) is 14.3 Å². The van der Waals surface area contributed by atoms with E-state index in [1.807, 2.05) is 6.92 Å². The van der Waals surface area contributed by atoms with Crippen molar-refractivity contribution >= 4 is 16.0 Å². The Labute approximate surface area is 209 Å². The molecule has 1 N–H and O–H groups in total. The summed E-state index contributed by atoms with van der Waals surface area (Å²) in [7, 11) is -0.940. The molecule has 0 aliphatic heterocycles. The van der Waals surface area contributed by atoms with Crippen molar-refractivity contribution in [1.29, 1.82) is 0 Å². The second-order valence-electron chi connectivity index (χ2n) is 8.17. The molecule has 0 saturated heterocycles. The number of nitrogens with zero attached hydrogens (tertiary/aromatic N) is 6. The third-order valence-electron chi connectivity index (χ3n) is 5.82. The predicted octanol–water partition coefficient (Wildman–Crippen LogP) is 3.38. The van der Waals surface area contributed by atoms with Gasteiger partial charge in [0.1, 0.15) is 28.7 Å². The van der Waals surface area contributed by atoms with Crippen LogP contribution < -0.4 is 14.2 Å². The van der Waals surface area contributed by atoms with Crippen LogP contribution in [-0.2, 0) is 10.0 Å². The number of methoxy groups -OCH3 is 2. The topological polar surface area (TPSA) is 134 Å². The molecule has 1 aromatic carbocycles. The fourth-order valence-electron chi connectivity index (χ4n) is 3.61. The number of sulfonamides is 1. The lowest BCUT2D eigenvalue weighted by Crippen LogP contribution is -2.31. The highest BCUT2D eigenvalue weighted by Gasteiger charge is 2.32. The minimum absolute atomic E-state index is 0.0395. The Morgan fingerprint density at radius 1 is 0.917 bits per heavy atom. The minimum Gasteiger partial charge on any atom is -0.494 e. The van der Waals surface area contributed by atoms with Crippen LogP contribution in [-0.4, -0.2) is 57.6 Å². The molecule has 4 rings (SSSR count). The molecular formula is C24H27N7O4S.